The summed E-state index contributed by atoms with van der Waals surface area (Å²) in [6.45, 7) is 3.51. The molecule has 0 aliphatic carbocycles. The van der Waals surface area contributed by atoms with Gasteiger partial charge in [-0.15, -0.1) is 0 Å². The second kappa shape index (κ2) is 6.52. The van der Waals surface area contributed by atoms with E-state index in [0.717, 1.165) is 30.8 Å². The molecule has 1 fully saturated rings. The fourth-order valence-corrected chi connectivity index (χ4v) is 2.40. The molecule has 1 aromatic rings. The predicted octanol–water partition coefficient (Wildman–Crippen LogP) is 1.81. The monoisotopic (exact) mass is 276 g/mol. The molecule has 0 aromatic heterocycles. The van der Waals surface area contributed by atoms with Gasteiger partial charge in [0, 0.05) is 12.2 Å². The lowest BCUT2D eigenvalue weighted by molar-refractivity contribution is -0.137. The van der Waals surface area contributed by atoms with Crippen LogP contribution in [-0.2, 0) is 9.59 Å². The molecule has 0 radical (unpaired) electrons. The molecular weight excluding hydrogens is 256 g/mol. The Morgan fingerprint density at radius 2 is 2.10 bits per heavy atom. The van der Waals surface area contributed by atoms with Crippen molar-refractivity contribution in [1.82, 2.24) is 5.32 Å². The number of aliphatic carboxylic acids is 1. The molecule has 2 atom stereocenters. The number of rotatable bonds is 5. The maximum Gasteiger partial charge on any atom is 0.303 e. The summed E-state index contributed by atoms with van der Waals surface area (Å²) in [4.78, 5) is 22.6. The normalized spacial score (nSPS) is 19.6. The Morgan fingerprint density at radius 3 is 2.65 bits per heavy atom. The summed E-state index contributed by atoms with van der Waals surface area (Å²) in [5.41, 5.74) is 1.72. The SMILES string of the molecule is CC(CC(=O)O)c1ccc(NC(=O)C2CCNC2)cc1. The lowest BCUT2D eigenvalue weighted by atomic mass is 9.97. The molecule has 2 rings (SSSR count). The van der Waals surface area contributed by atoms with Crippen LogP contribution in [0.1, 0.15) is 31.2 Å². The third kappa shape index (κ3) is 3.81. The third-order valence-corrected chi connectivity index (χ3v) is 3.66. The van der Waals surface area contributed by atoms with Gasteiger partial charge in [0.2, 0.25) is 5.91 Å². The average molecular weight is 276 g/mol. The van der Waals surface area contributed by atoms with Crippen LogP contribution in [0.2, 0.25) is 0 Å². The highest BCUT2D eigenvalue weighted by molar-refractivity contribution is 5.92. The molecule has 5 nitrogen and oxygen atoms in total. The Hall–Kier alpha value is -1.88. The number of anilines is 1. The van der Waals surface area contributed by atoms with Crippen LogP contribution in [0.4, 0.5) is 5.69 Å². The Kier molecular flexibility index (Phi) is 4.74. The number of hydrogen-bond donors (Lipinski definition) is 3. The molecule has 20 heavy (non-hydrogen) atoms. The Labute approximate surface area is 118 Å². The largest absolute Gasteiger partial charge is 0.481 e. The lowest BCUT2D eigenvalue weighted by Crippen LogP contribution is -2.24. The second-order valence-corrected chi connectivity index (χ2v) is 5.30. The minimum Gasteiger partial charge on any atom is -0.481 e. The molecule has 1 aliphatic heterocycles. The minimum atomic E-state index is -0.802. The number of benzene rings is 1. The molecule has 5 heteroatoms. The highest BCUT2D eigenvalue weighted by Crippen LogP contribution is 2.21. The Balaban J connectivity index is 1.94. The zero-order valence-corrected chi connectivity index (χ0v) is 11.6. The maximum atomic E-state index is 12.0. The molecule has 1 saturated heterocycles. The first-order valence-electron chi connectivity index (χ1n) is 6.89. The van der Waals surface area contributed by atoms with Crippen molar-refractivity contribution in [2.45, 2.75) is 25.7 Å². The number of amides is 1. The van der Waals surface area contributed by atoms with Crippen LogP contribution in [0.15, 0.2) is 24.3 Å². The van der Waals surface area contributed by atoms with E-state index in [4.69, 9.17) is 5.11 Å². The van der Waals surface area contributed by atoms with Gasteiger partial charge in [-0.05, 0) is 36.6 Å². The van der Waals surface area contributed by atoms with E-state index in [9.17, 15) is 9.59 Å². The highest BCUT2D eigenvalue weighted by atomic mass is 16.4. The zero-order valence-electron chi connectivity index (χ0n) is 11.6. The minimum absolute atomic E-state index is 0.0312. The number of nitrogens with one attached hydrogen (secondary N) is 2. The van der Waals surface area contributed by atoms with E-state index in [1.807, 2.05) is 31.2 Å². The van der Waals surface area contributed by atoms with E-state index in [1.165, 1.54) is 0 Å². The van der Waals surface area contributed by atoms with E-state index in [-0.39, 0.29) is 24.2 Å². The number of carboxylic acids is 1. The van der Waals surface area contributed by atoms with Crippen molar-refractivity contribution in [1.29, 1.82) is 0 Å². The highest BCUT2D eigenvalue weighted by Gasteiger charge is 2.22. The van der Waals surface area contributed by atoms with Gasteiger partial charge in [0.25, 0.3) is 0 Å². The van der Waals surface area contributed by atoms with Crippen LogP contribution < -0.4 is 10.6 Å². The van der Waals surface area contributed by atoms with Crippen molar-refractivity contribution < 1.29 is 14.7 Å². The van der Waals surface area contributed by atoms with Crippen LogP contribution in [0, 0.1) is 5.92 Å². The van der Waals surface area contributed by atoms with Crippen molar-refractivity contribution in [2.75, 3.05) is 18.4 Å². The summed E-state index contributed by atoms with van der Waals surface area (Å²) in [6.07, 6.45) is 0.985. The summed E-state index contributed by atoms with van der Waals surface area (Å²) in [6, 6.07) is 7.40. The first-order valence-corrected chi connectivity index (χ1v) is 6.89. The van der Waals surface area contributed by atoms with Gasteiger partial charge in [0.15, 0.2) is 0 Å². The summed E-state index contributed by atoms with van der Waals surface area (Å²) in [5, 5.41) is 14.8. The molecular formula is C15H20N2O3. The number of carbonyl (C=O) groups is 2. The van der Waals surface area contributed by atoms with E-state index < -0.39 is 5.97 Å². The van der Waals surface area contributed by atoms with Gasteiger partial charge < -0.3 is 15.7 Å². The maximum absolute atomic E-state index is 12.0. The molecule has 1 aromatic carbocycles. The van der Waals surface area contributed by atoms with Crippen molar-refractivity contribution in [3.8, 4) is 0 Å². The lowest BCUT2D eigenvalue weighted by Gasteiger charge is -2.12. The van der Waals surface area contributed by atoms with E-state index in [0.29, 0.717) is 0 Å². The molecule has 0 bridgehead atoms. The molecule has 0 spiro atoms. The number of carbonyl (C=O) groups excluding carboxylic acids is 1. The van der Waals surface area contributed by atoms with Crippen LogP contribution in [-0.4, -0.2) is 30.1 Å². The fraction of sp³-hybridized carbons (Fsp3) is 0.467. The summed E-state index contributed by atoms with van der Waals surface area (Å²) in [7, 11) is 0. The van der Waals surface area contributed by atoms with Crippen molar-refractivity contribution in [3.63, 3.8) is 0 Å². The van der Waals surface area contributed by atoms with Crippen molar-refractivity contribution in [3.05, 3.63) is 29.8 Å². The number of hydrogen-bond acceptors (Lipinski definition) is 3. The predicted molar refractivity (Wildman–Crippen MR) is 76.7 cm³/mol. The summed E-state index contributed by atoms with van der Waals surface area (Å²) < 4.78 is 0. The molecule has 108 valence electrons. The van der Waals surface area contributed by atoms with Gasteiger partial charge in [-0.3, -0.25) is 9.59 Å². The molecule has 1 heterocycles. The van der Waals surface area contributed by atoms with E-state index >= 15 is 0 Å². The van der Waals surface area contributed by atoms with Gasteiger partial charge in [-0.25, -0.2) is 0 Å². The van der Waals surface area contributed by atoms with Crippen LogP contribution in [0.3, 0.4) is 0 Å². The van der Waals surface area contributed by atoms with Gasteiger partial charge >= 0.3 is 5.97 Å². The molecule has 1 aliphatic rings. The average Bonchev–Trinajstić information content (AvgIpc) is 2.92. The van der Waals surface area contributed by atoms with E-state index in [1.54, 1.807) is 0 Å². The summed E-state index contributed by atoms with van der Waals surface area (Å²) in [5.74, 6) is -0.748. The van der Waals surface area contributed by atoms with Gasteiger partial charge in [-0.2, -0.15) is 0 Å². The second-order valence-electron chi connectivity index (χ2n) is 5.30. The van der Waals surface area contributed by atoms with Crippen LogP contribution in [0.25, 0.3) is 0 Å². The summed E-state index contributed by atoms with van der Waals surface area (Å²) >= 11 is 0. The molecule has 3 N–H and O–H groups in total. The standard InChI is InChI=1S/C15H20N2O3/c1-10(8-14(18)19)11-2-4-13(5-3-11)17-15(20)12-6-7-16-9-12/h2-5,10,12,16H,6-9H2,1H3,(H,17,20)(H,18,19). The van der Waals surface area contributed by atoms with Gasteiger partial charge in [0.1, 0.15) is 0 Å². The Morgan fingerprint density at radius 1 is 1.40 bits per heavy atom. The van der Waals surface area contributed by atoms with Gasteiger partial charge in [0.05, 0.1) is 12.3 Å². The van der Waals surface area contributed by atoms with Crippen LogP contribution in [0.5, 0.6) is 0 Å². The Bertz CT molecular complexity index is 478. The first-order chi connectivity index (χ1) is 9.56. The molecule has 2 unspecified atom stereocenters. The van der Waals surface area contributed by atoms with Gasteiger partial charge in [-0.1, -0.05) is 19.1 Å². The molecule has 1 amide bonds. The first kappa shape index (κ1) is 14.5. The van der Waals surface area contributed by atoms with Crippen molar-refractivity contribution in [2.24, 2.45) is 5.92 Å². The smallest absolute Gasteiger partial charge is 0.303 e. The zero-order chi connectivity index (χ0) is 14.5. The molecule has 0 saturated carbocycles. The third-order valence-electron chi connectivity index (χ3n) is 3.66. The topological polar surface area (TPSA) is 78.4 Å². The van der Waals surface area contributed by atoms with E-state index in [2.05, 4.69) is 10.6 Å². The number of carboxylic acid groups (broad SMARTS) is 1. The van der Waals surface area contributed by atoms with Crippen molar-refractivity contribution >= 4 is 17.6 Å². The van der Waals surface area contributed by atoms with Crippen LogP contribution >= 0.6 is 0 Å². The quantitative estimate of drug-likeness (QED) is 0.766. The fourth-order valence-electron chi connectivity index (χ4n) is 2.40.